The molecule has 4 heteroatoms. The molecule has 0 heterocycles. The fourth-order valence-corrected chi connectivity index (χ4v) is 2.28. The number of carboxylic acid groups (broad SMARTS) is 1. The Kier molecular flexibility index (Phi) is 3.45. The molecular formula is C17H16O4. The fourth-order valence-electron chi connectivity index (χ4n) is 2.28. The van der Waals surface area contributed by atoms with E-state index in [9.17, 15) is 14.4 Å². The van der Waals surface area contributed by atoms with Crippen molar-refractivity contribution in [3.8, 4) is 0 Å². The molecule has 108 valence electrons. The van der Waals surface area contributed by atoms with E-state index in [1.807, 2.05) is 0 Å². The number of aromatic carboxylic acids is 1. The van der Waals surface area contributed by atoms with Gasteiger partial charge in [0.2, 0.25) is 0 Å². The molecule has 2 fully saturated rings. The van der Waals surface area contributed by atoms with Gasteiger partial charge in [0.1, 0.15) is 0 Å². The van der Waals surface area contributed by atoms with Crippen molar-refractivity contribution in [1.29, 1.82) is 0 Å². The number of carbonyl (C=O) groups is 3. The number of hydrogen-bond donors (Lipinski definition) is 1. The first kappa shape index (κ1) is 13.7. The van der Waals surface area contributed by atoms with E-state index in [1.54, 1.807) is 18.2 Å². The van der Waals surface area contributed by atoms with Crippen LogP contribution in [0.2, 0.25) is 0 Å². The predicted molar refractivity (Wildman–Crippen MR) is 76.8 cm³/mol. The van der Waals surface area contributed by atoms with Gasteiger partial charge in [-0.05, 0) is 49.5 Å². The van der Waals surface area contributed by atoms with Crippen molar-refractivity contribution < 1.29 is 19.5 Å². The molecular weight excluding hydrogens is 268 g/mol. The Morgan fingerprint density at radius 2 is 1.38 bits per heavy atom. The molecule has 2 aliphatic carbocycles. The molecule has 4 nitrogen and oxygen atoms in total. The van der Waals surface area contributed by atoms with Gasteiger partial charge >= 0.3 is 5.97 Å². The maximum atomic E-state index is 12.3. The Morgan fingerprint density at radius 3 is 1.76 bits per heavy atom. The minimum absolute atomic E-state index is 0.0113. The van der Waals surface area contributed by atoms with Crippen LogP contribution in [0.4, 0.5) is 0 Å². The molecule has 0 bridgehead atoms. The molecule has 21 heavy (non-hydrogen) atoms. The Balaban J connectivity index is 1.88. The van der Waals surface area contributed by atoms with E-state index < -0.39 is 5.97 Å². The van der Waals surface area contributed by atoms with Gasteiger partial charge in [-0.15, -0.1) is 0 Å². The third-order valence-electron chi connectivity index (χ3n) is 3.90. The molecule has 0 spiro atoms. The lowest BCUT2D eigenvalue weighted by Crippen LogP contribution is -2.16. The summed E-state index contributed by atoms with van der Waals surface area (Å²) in [7, 11) is 0. The Labute approximate surface area is 122 Å². The lowest BCUT2D eigenvalue weighted by Gasteiger charge is -2.05. The van der Waals surface area contributed by atoms with Crippen LogP contribution in [0, 0.1) is 11.8 Å². The van der Waals surface area contributed by atoms with E-state index >= 15 is 0 Å². The smallest absolute Gasteiger partial charge is 0.335 e. The maximum absolute atomic E-state index is 12.3. The highest BCUT2D eigenvalue weighted by Crippen LogP contribution is 2.38. The molecule has 1 N–H and O–H groups in total. The summed E-state index contributed by atoms with van der Waals surface area (Å²) in [5, 5.41) is 8.87. The van der Waals surface area contributed by atoms with Gasteiger partial charge in [0.05, 0.1) is 11.1 Å². The molecule has 0 saturated heterocycles. The van der Waals surface area contributed by atoms with Crippen LogP contribution in [-0.4, -0.2) is 22.6 Å². The molecule has 2 saturated carbocycles. The molecule has 3 rings (SSSR count). The summed E-state index contributed by atoms with van der Waals surface area (Å²) in [5.41, 5.74) is 1.18. The largest absolute Gasteiger partial charge is 0.478 e. The normalized spacial score (nSPS) is 17.1. The van der Waals surface area contributed by atoms with Crippen LogP contribution in [0.15, 0.2) is 29.8 Å². The average Bonchev–Trinajstić information content (AvgIpc) is 3.35. The van der Waals surface area contributed by atoms with E-state index in [0.717, 1.165) is 25.7 Å². The third kappa shape index (κ3) is 3.10. The minimum Gasteiger partial charge on any atom is -0.478 e. The molecule has 1 aromatic carbocycles. The van der Waals surface area contributed by atoms with Crippen LogP contribution >= 0.6 is 0 Å². The van der Waals surface area contributed by atoms with Crippen LogP contribution in [-0.2, 0) is 9.59 Å². The number of benzene rings is 1. The lowest BCUT2D eigenvalue weighted by molar-refractivity contribution is -0.122. The van der Waals surface area contributed by atoms with Gasteiger partial charge in [-0.1, -0.05) is 12.1 Å². The van der Waals surface area contributed by atoms with Crippen molar-refractivity contribution in [3.63, 3.8) is 0 Å². The number of rotatable bonds is 6. The second-order valence-corrected chi connectivity index (χ2v) is 5.76. The standard InChI is InChI=1S/C17H16O4/c18-15(11-5-6-11)14(16(19)12-7-8-12)9-10-1-3-13(4-2-10)17(20)21/h1-4,9,11-12H,5-8H2,(H,20,21). The molecule has 0 unspecified atom stereocenters. The maximum Gasteiger partial charge on any atom is 0.335 e. The van der Waals surface area contributed by atoms with Gasteiger partial charge in [-0.3, -0.25) is 9.59 Å². The zero-order valence-electron chi connectivity index (χ0n) is 11.5. The highest BCUT2D eigenvalue weighted by Gasteiger charge is 2.39. The molecule has 0 atom stereocenters. The summed E-state index contributed by atoms with van der Waals surface area (Å²) in [6.07, 6.45) is 5.09. The second-order valence-electron chi connectivity index (χ2n) is 5.76. The zero-order chi connectivity index (χ0) is 15.0. The summed E-state index contributed by atoms with van der Waals surface area (Å²) in [6.45, 7) is 0. The quantitative estimate of drug-likeness (QED) is 0.495. The van der Waals surface area contributed by atoms with E-state index in [-0.39, 0.29) is 29.0 Å². The number of hydrogen-bond acceptors (Lipinski definition) is 3. The van der Waals surface area contributed by atoms with Crippen molar-refractivity contribution in [1.82, 2.24) is 0 Å². The highest BCUT2D eigenvalue weighted by molar-refractivity contribution is 6.25. The Hall–Kier alpha value is -2.23. The van der Waals surface area contributed by atoms with Crippen molar-refractivity contribution in [2.45, 2.75) is 25.7 Å². The zero-order valence-corrected chi connectivity index (χ0v) is 11.5. The Morgan fingerprint density at radius 1 is 0.905 bits per heavy atom. The number of Topliss-reactive ketones (excluding diaryl/α,β-unsaturated/α-hetero) is 2. The summed E-state index contributed by atoms with van der Waals surface area (Å²) < 4.78 is 0. The molecule has 0 radical (unpaired) electrons. The van der Waals surface area contributed by atoms with Crippen molar-refractivity contribution >= 4 is 23.6 Å². The van der Waals surface area contributed by atoms with Crippen LogP contribution in [0.25, 0.3) is 6.08 Å². The van der Waals surface area contributed by atoms with Gasteiger partial charge in [0.25, 0.3) is 0 Å². The second kappa shape index (κ2) is 5.28. The first-order valence-electron chi connectivity index (χ1n) is 7.20. The number of carboxylic acids is 1. The molecule has 0 aliphatic heterocycles. The van der Waals surface area contributed by atoms with E-state index in [1.165, 1.54) is 12.1 Å². The van der Waals surface area contributed by atoms with E-state index in [2.05, 4.69) is 0 Å². The Bertz CT molecular complexity index is 605. The first-order chi connectivity index (χ1) is 10.1. The number of carbonyl (C=O) groups excluding carboxylic acids is 2. The molecule has 1 aromatic rings. The number of ketones is 2. The molecule has 0 aromatic heterocycles. The summed E-state index contributed by atoms with van der Waals surface area (Å²) in [6, 6.07) is 6.22. The fraction of sp³-hybridized carbons (Fsp3) is 0.353. The van der Waals surface area contributed by atoms with Crippen molar-refractivity contribution in [3.05, 3.63) is 41.0 Å². The molecule has 2 aliphatic rings. The monoisotopic (exact) mass is 284 g/mol. The minimum atomic E-state index is -0.992. The van der Waals surface area contributed by atoms with Crippen LogP contribution in [0.3, 0.4) is 0 Å². The van der Waals surface area contributed by atoms with Crippen LogP contribution in [0.1, 0.15) is 41.6 Å². The van der Waals surface area contributed by atoms with Crippen LogP contribution in [0.5, 0.6) is 0 Å². The van der Waals surface area contributed by atoms with Gasteiger partial charge in [-0.2, -0.15) is 0 Å². The van der Waals surface area contributed by atoms with E-state index in [4.69, 9.17) is 5.11 Å². The third-order valence-corrected chi connectivity index (χ3v) is 3.90. The van der Waals surface area contributed by atoms with Gasteiger partial charge in [-0.25, -0.2) is 4.79 Å². The first-order valence-corrected chi connectivity index (χ1v) is 7.20. The van der Waals surface area contributed by atoms with Crippen LogP contribution < -0.4 is 0 Å². The van der Waals surface area contributed by atoms with Gasteiger partial charge < -0.3 is 5.11 Å². The topological polar surface area (TPSA) is 71.4 Å². The van der Waals surface area contributed by atoms with Crippen molar-refractivity contribution in [2.75, 3.05) is 0 Å². The summed E-state index contributed by atoms with van der Waals surface area (Å²) in [4.78, 5) is 35.4. The van der Waals surface area contributed by atoms with Gasteiger partial charge in [0, 0.05) is 11.8 Å². The highest BCUT2D eigenvalue weighted by atomic mass is 16.4. The lowest BCUT2D eigenvalue weighted by atomic mass is 9.97. The SMILES string of the molecule is O=C(O)c1ccc(C=C(C(=O)C2CC2)C(=O)C2CC2)cc1. The summed E-state index contributed by atoms with van der Waals surface area (Å²) in [5.74, 6) is -1.06. The van der Waals surface area contributed by atoms with Crippen molar-refractivity contribution in [2.24, 2.45) is 11.8 Å². The predicted octanol–water partition coefficient (Wildman–Crippen LogP) is 2.73. The van der Waals surface area contributed by atoms with E-state index in [0.29, 0.717) is 11.1 Å². The number of allylic oxidation sites excluding steroid dienone is 1. The molecule has 0 amide bonds. The average molecular weight is 284 g/mol. The van der Waals surface area contributed by atoms with Gasteiger partial charge in [0.15, 0.2) is 11.6 Å². The summed E-state index contributed by atoms with van der Waals surface area (Å²) >= 11 is 0.